The summed E-state index contributed by atoms with van der Waals surface area (Å²) in [5.41, 5.74) is 4.36. The number of hydrogen-bond donors (Lipinski definition) is 2. The van der Waals surface area contributed by atoms with E-state index in [4.69, 9.17) is 0 Å². The van der Waals surface area contributed by atoms with Crippen molar-refractivity contribution in [3.8, 4) is 0 Å². The number of aryl methyl sites for hydroxylation is 2. The van der Waals surface area contributed by atoms with Gasteiger partial charge in [-0.05, 0) is 43.2 Å². The number of pyridine rings is 1. The van der Waals surface area contributed by atoms with Gasteiger partial charge in [0.25, 0.3) is 5.91 Å². The largest absolute Gasteiger partial charge is 0.354 e. The average molecular weight is 335 g/mol. The number of halogens is 1. The fourth-order valence-corrected chi connectivity index (χ4v) is 2.55. The van der Waals surface area contributed by atoms with Crippen molar-refractivity contribution in [3.63, 3.8) is 0 Å². The molecule has 126 valence electrons. The van der Waals surface area contributed by atoms with Gasteiger partial charge in [-0.2, -0.15) is 0 Å². The van der Waals surface area contributed by atoms with Gasteiger partial charge in [-0.3, -0.25) is 9.78 Å². The van der Waals surface area contributed by atoms with E-state index in [1.165, 1.54) is 18.3 Å². The van der Waals surface area contributed by atoms with Crippen molar-refractivity contribution < 1.29 is 9.18 Å². The van der Waals surface area contributed by atoms with Gasteiger partial charge in [0, 0.05) is 11.9 Å². The summed E-state index contributed by atoms with van der Waals surface area (Å²) >= 11 is 0. The van der Waals surface area contributed by atoms with Crippen molar-refractivity contribution in [2.45, 2.75) is 13.8 Å². The highest BCUT2D eigenvalue weighted by molar-refractivity contribution is 6.04. The average Bonchev–Trinajstić information content (AvgIpc) is 2.60. The Morgan fingerprint density at radius 3 is 2.44 bits per heavy atom. The van der Waals surface area contributed by atoms with Crippen molar-refractivity contribution >= 4 is 23.0 Å². The van der Waals surface area contributed by atoms with Gasteiger partial charge in [0.2, 0.25) is 0 Å². The summed E-state index contributed by atoms with van der Waals surface area (Å²) in [6.45, 7) is 4.02. The zero-order valence-electron chi connectivity index (χ0n) is 14.0. The third-order valence-electron chi connectivity index (χ3n) is 3.87. The Labute approximate surface area is 145 Å². The number of carbonyl (C=O) groups excluding carboxylic acids is 1. The second-order valence-corrected chi connectivity index (χ2v) is 5.79. The lowest BCUT2D eigenvalue weighted by molar-refractivity contribution is 0.102. The first-order valence-corrected chi connectivity index (χ1v) is 7.89. The van der Waals surface area contributed by atoms with Crippen molar-refractivity contribution in [2.75, 3.05) is 10.6 Å². The Hall–Kier alpha value is -3.21. The minimum atomic E-state index is -0.478. The van der Waals surface area contributed by atoms with Crippen LogP contribution in [-0.4, -0.2) is 10.9 Å². The van der Waals surface area contributed by atoms with Crippen molar-refractivity contribution in [2.24, 2.45) is 0 Å². The van der Waals surface area contributed by atoms with Gasteiger partial charge in [0.15, 0.2) is 0 Å². The number of anilines is 3. The quantitative estimate of drug-likeness (QED) is 0.718. The van der Waals surface area contributed by atoms with E-state index in [1.54, 1.807) is 24.4 Å². The fourth-order valence-electron chi connectivity index (χ4n) is 2.55. The molecule has 25 heavy (non-hydrogen) atoms. The molecule has 3 rings (SSSR count). The number of rotatable bonds is 4. The number of carbonyl (C=O) groups is 1. The normalized spacial score (nSPS) is 10.4. The third-order valence-corrected chi connectivity index (χ3v) is 3.87. The number of benzene rings is 2. The van der Waals surface area contributed by atoms with Crippen LogP contribution in [0, 0.1) is 19.7 Å². The Kier molecular flexibility index (Phi) is 4.75. The highest BCUT2D eigenvalue weighted by Crippen LogP contribution is 2.24. The van der Waals surface area contributed by atoms with Gasteiger partial charge in [0.05, 0.1) is 23.1 Å². The predicted octanol–water partition coefficient (Wildman–Crippen LogP) is 4.83. The molecule has 0 radical (unpaired) electrons. The van der Waals surface area contributed by atoms with Crippen LogP contribution in [0.2, 0.25) is 0 Å². The van der Waals surface area contributed by atoms with Crippen LogP contribution in [0.1, 0.15) is 21.5 Å². The minimum absolute atomic E-state index is 0.139. The Balaban J connectivity index is 1.82. The van der Waals surface area contributed by atoms with E-state index in [1.807, 2.05) is 32.0 Å². The SMILES string of the molecule is Cc1cccc(C)c1Nc1cncc(C(=O)Nc2ccccc2F)c1. The van der Waals surface area contributed by atoms with Crippen LogP contribution < -0.4 is 10.6 Å². The van der Waals surface area contributed by atoms with Gasteiger partial charge < -0.3 is 10.6 Å². The molecule has 0 bridgehead atoms. The number of amides is 1. The molecule has 0 saturated heterocycles. The maximum absolute atomic E-state index is 13.7. The van der Waals surface area contributed by atoms with Crippen LogP contribution in [0.3, 0.4) is 0 Å². The van der Waals surface area contributed by atoms with Gasteiger partial charge in [0.1, 0.15) is 5.82 Å². The zero-order chi connectivity index (χ0) is 17.8. The van der Waals surface area contributed by atoms with Crippen molar-refractivity contribution in [3.05, 3.63) is 83.4 Å². The smallest absolute Gasteiger partial charge is 0.257 e. The number of nitrogens with one attached hydrogen (secondary N) is 2. The van der Waals surface area contributed by atoms with Crippen LogP contribution in [0.25, 0.3) is 0 Å². The van der Waals surface area contributed by atoms with Gasteiger partial charge in [-0.1, -0.05) is 30.3 Å². The summed E-state index contributed by atoms with van der Waals surface area (Å²) in [6, 6.07) is 13.8. The van der Waals surface area contributed by atoms with E-state index in [0.717, 1.165) is 16.8 Å². The van der Waals surface area contributed by atoms with Crippen LogP contribution in [0.4, 0.5) is 21.5 Å². The first-order chi connectivity index (χ1) is 12.0. The standard InChI is InChI=1S/C20H18FN3O/c1-13-6-5-7-14(2)19(13)23-16-10-15(11-22-12-16)20(25)24-18-9-4-3-8-17(18)21/h3-12,23H,1-2H3,(H,24,25). The molecule has 0 saturated carbocycles. The first-order valence-electron chi connectivity index (χ1n) is 7.89. The Bertz CT molecular complexity index is 904. The molecule has 0 aliphatic carbocycles. The summed E-state index contributed by atoms with van der Waals surface area (Å²) in [4.78, 5) is 16.5. The molecule has 3 aromatic rings. The molecule has 1 amide bonds. The summed E-state index contributed by atoms with van der Waals surface area (Å²) in [7, 11) is 0. The molecule has 0 spiro atoms. The fraction of sp³-hybridized carbons (Fsp3) is 0.100. The molecule has 4 nitrogen and oxygen atoms in total. The van der Waals surface area contributed by atoms with Crippen molar-refractivity contribution in [1.29, 1.82) is 0 Å². The molecule has 0 atom stereocenters. The monoisotopic (exact) mass is 335 g/mol. The second-order valence-electron chi connectivity index (χ2n) is 5.79. The Morgan fingerprint density at radius 2 is 1.72 bits per heavy atom. The minimum Gasteiger partial charge on any atom is -0.354 e. The third kappa shape index (κ3) is 3.83. The first kappa shape index (κ1) is 16.6. The van der Waals surface area contributed by atoms with Crippen molar-refractivity contribution in [1.82, 2.24) is 4.98 Å². The summed E-state index contributed by atoms with van der Waals surface area (Å²) in [5, 5.41) is 5.85. The second kappa shape index (κ2) is 7.13. The van der Waals surface area contributed by atoms with Crippen LogP contribution in [-0.2, 0) is 0 Å². The van der Waals surface area contributed by atoms with E-state index in [0.29, 0.717) is 11.3 Å². The van der Waals surface area contributed by atoms with E-state index in [9.17, 15) is 9.18 Å². The highest BCUT2D eigenvalue weighted by Gasteiger charge is 2.11. The lowest BCUT2D eigenvalue weighted by atomic mass is 10.1. The van der Waals surface area contributed by atoms with Gasteiger partial charge in [-0.25, -0.2) is 4.39 Å². The van der Waals surface area contributed by atoms with E-state index in [-0.39, 0.29) is 5.69 Å². The Morgan fingerprint density at radius 1 is 1.00 bits per heavy atom. The molecule has 2 N–H and O–H groups in total. The maximum atomic E-state index is 13.7. The lowest BCUT2D eigenvalue weighted by Crippen LogP contribution is -2.13. The number of para-hydroxylation sites is 2. The van der Waals surface area contributed by atoms with E-state index in [2.05, 4.69) is 15.6 Å². The van der Waals surface area contributed by atoms with Gasteiger partial charge in [-0.15, -0.1) is 0 Å². The summed E-state index contributed by atoms with van der Waals surface area (Å²) in [6.07, 6.45) is 3.10. The molecule has 0 aliphatic rings. The summed E-state index contributed by atoms with van der Waals surface area (Å²) < 4.78 is 13.7. The molecule has 1 aromatic heterocycles. The molecular weight excluding hydrogens is 317 g/mol. The number of aromatic nitrogens is 1. The summed E-state index contributed by atoms with van der Waals surface area (Å²) in [5.74, 6) is -0.892. The van der Waals surface area contributed by atoms with Gasteiger partial charge >= 0.3 is 0 Å². The topological polar surface area (TPSA) is 54.0 Å². The molecule has 1 heterocycles. The molecule has 5 heteroatoms. The van der Waals surface area contributed by atoms with Crippen LogP contribution in [0.15, 0.2) is 60.9 Å². The zero-order valence-corrected chi connectivity index (χ0v) is 14.0. The van der Waals surface area contributed by atoms with Crippen LogP contribution >= 0.6 is 0 Å². The number of nitrogens with zero attached hydrogens (tertiary/aromatic N) is 1. The predicted molar refractivity (Wildman–Crippen MR) is 97.8 cm³/mol. The molecule has 0 fully saturated rings. The maximum Gasteiger partial charge on any atom is 0.257 e. The molecule has 2 aromatic carbocycles. The van der Waals surface area contributed by atoms with E-state index < -0.39 is 11.7 Å². The van der Waals surface area contributed by atoms with E-state index >= 15 is 0 Å². The van der Waals surface area contributed by atoms with Crippen LogP contribution in [0.5, 0.6) is 0 Å². The number of hydrogen-bond acceptors (Lipinski definition) is 3. The molecule has 0 unspecified atom stereocenters. The molecular formula is C20H18FN3O. The molecule has 0 aliphatic heterocycles. The highest BCUT2D eigenvalue weighted by atomic mass is 19.1. The lowest BCUT2D eigenvalue weighted by Gasteiger charge is -2.13.